The molecule has 0 saturated heterocycles. The van der Waals surface area contributed by atoms with E-state index in [0.29, 0.717) is 0 Å². The zero-order valence-electron chi connectivity index (χ0n) is 16.8. The zero-order valence-corrected chi connectivity index (χ0v) is 18.5. The van der Waals surface area contributed by atoms with Crippen LogP contribution in [0.3, 0.4) is 0 Å². The number of rotatable bonds is 11. The van der Waals surface area contributed by atoms with Crippen LogP contribution in [-0.2, 0) is 29.6 Å². The number of nitrogens with one attached hydrogen (secondary N) is 4. The molecule has 16 nitrogen and oxygen atoms in total. The molecule has 0 aliphatic carbocycles. The molecule has 18 heteroatoms. The van der Waals surface area contributed by atoms with Crippen LogP contribution in [0.2, 0.25) is 0 Å². The molecule has 0 aromatic heterocycles. The maximum absolute atomic E-state index is 12.2. The summed E-state index contributed by atoms with van der Waals surface area (Å²) in [5.74, 6) is -2.03. The molecule has 0 bridgehead atoms. The van der Waals surface area contributed by atoms with Crippen molar-refractivity contribution in [1.29, 1.82) is 0 Å². The number of hydrazine groups is 2. The first-order valence-electron chi connectivity index (χ1n) is 8.93. The maximum Gasteiger partial charge on any atom is 0.289 e. The summed E-state index contributed by atoms with van der Waals surface area (Å²) < 4.78 is 48.8. The van der Waals surface area contributed by atoms with Gasteiger partial charge in [-0.1, -0.05) is 24.3 Å². The molecule has 2 aromatic rings. The maximum atomic E-state index is 12.2. The van der Waals surface area contributed by atoms with Gasteiger partial charge in [-0.25, -0.2) is 16.8 Å². The molecule has 0 spiro atoms. The van der Waals surface area contributed by atoms with E-state index in [1.807, 2.05) is 0 Å². The fourth-order valence-electron chi connectivity index (χ4n) is 2.38. The first-order valence-corrected chi connectivity index (χ1v) is 11.9. The molecule has 0 saturated carbocycles. The minimum absolute atomic E-state index is 0.613. The van der Waals surface area contributed by atoms with Gasteiger partial charge in [0.1, 0.15) is 0 Å². The van der Waals surface area contributed by atoms with E-state index in [0.717, 1.165) is 24.3 Å². The number of nitrogens with zero attached hydrogens (tertiary/aromatic N) is 2. The van der Waals surface area contributed by atoms with Crippen molar-refractivity contribution in [2.75, 3.05) is 0 Å². The van der Waals surface area contributed by atoms with E-state index in [1.165, 1.54) is 24.3 Å². The normalized spacial score (nSPS) is 11.4. The van der Waals surface area contributed by atoms with Crippen molar-refractivity contribution in [3.8, 4) is 0 Å². The minimum Gasteiger partial charge on any atom is -0.278 e. The van der Waals surface area contributed by atoms with Crippen molar-refractivity contribution in [2.45, 2.75) is 22.6 Å². The van der Waals surface area contributed by atoms with Crippen LogP contribution < -0.4 is 20.5 Å². The predicted molar refractivity (Wildman–Crippen MR) is 112 cm³/mol. The van der Waals surface area contributed by atoms with Crippen LogP contribution >= 0.6 is 0 Å². The third-order valence-electron chi connectivity index (χ3n) is 3.93. The number of carbonyl (C=O) groups is 2. The lowest BCUT2D eigenvalue weighted by molar-refractivity contribution is -0.388. The lowest BCUT2D eigenvalue weighted by atomic mass is 10.3. The first-order chi connectivity index (χ1) is 15.8. The molecule has 0 heterocycles. The predicted octanol–water partition coefficient (Wildman–Crippen LogP) is -0.398. The third-order valence-corrected chi connectivity index (χ3v) is 6.52. The van der Waals surface area contributed by atoms with E-state index in [9.17, 15) is 46.7 Å². The van der Waals surface area contributed by atoms with Gasteiger partial charge in [-0.05, 0) is 12.1 Å². The van der Waals surface area contributed by atoms with E-state index in [1.54, 1.807) is 20.5 Å². The largest absolute Gasteiger partial charge is 0.289 e. The van der Waals surface area contributed by atoms with Gasteiger partial charge in [0, 0.05) is 25.0 Å². The zero-order chi connectivity index (χ0) is 25.5. The number of sulfonamides is 2. The summed E-state index contributed by atoms with van der Waals surface area (Å²) in [6.07, 6.45) is -1.23. The number of hydrogen-bond donors (Lipinski definition) is 4. The summed E-state index contributed by atoms with van der Waals surface area (Å²) in [6.45, 7) is 0. The molecule has 2 rings (SSSR count). The van der Waals surface area contributed by atoms with Gasteiger partial charge < -0.3 is 0 Å². The second kappa shape index (κ2) is 10.7. The van der Waals surface area contributed by atoms with Gasteiger partial charge in [0.2, 0.25) is 11.8 Å². The Balaban J connectivity index is 1.90. The highest BCUT2D eigenvalue weighted by molar-refractivity contribution is 7.89. The van der Waals surface area contributed by atoms with Crippen molar-refractivity contribution in [1.82, 2.24) is 20.5 Å². The van der Waals surface area contributed by atoms with Crippen molar-refractivity contribution in [2.24, 2.45) is 0 Å². The van der Waals surface area contributed by atoms with Crippen molar-refractivity contribution in [3.63, 3.8) is 0 Å². The number of amides is 2. The summed E-state index contributed by atoms with van der Waals surface area (Å²) in [4.78, 5) is 45.6. The number of benzene rings is 2. The third kappa shape index (κ3) is 6.75. The van der Waals surface area contributed by atoms with Crippen LogP contribution in [0.5, 0.6) is 0 Å². The van der Waals surface area contributed by atoms with Crippen LogP contribution in [0.4, 0.5) is 11.4 Å². The second-order valence-corrected chi connectivity index (χ2v) is 9.56. The standard InChI is InChI=1S/C16H16N6O10S2/c23-15(17-19-33(29,30)13-7-3-1-5-11(13)21(25)26)9-10-16(24)18-20-34(31,32)14-8-4-2-6-12(14)22(27)28/h1-8,19-20H,9-10H2,(H,17,23)(H,18,24). The lowest BCUT2D eigenvalue weighted by Gasteiger charge is -2.10. The summed E-state index contributed by atoms with van der Waals surface area (Å²) in [7, 11) is -9.02. The van der Waals surface area contributed by atoms with Gasteiger partial charge in [-0.3, -0.25) is 40.7 Å². The van der Waals surface area contributed by atoms with Gasteiger partial charge >= 0.3 is 0 Å². The van der Waals surface area contributed by atoms with E-state index in [4.69, 9.17) is 0 Å². The van der Waals surface area contributed by atoms with Gasteiger partial charge in [0.05, 0.1) is 9.85 Å². The Hall–Kier alpha value is -4.00. The second-order valence-electron chi connectivity index (χ2n) is 6.26. The molecular formula is C16H16N6O10S2. The number of carbonyl (C=O) groups excluding carboxylic acids is 2. The van der Waals surface area contributed by atoms with Gasteiger partial charge in [0.15, 0.2) is 9.79 Å². The Morgan fingerprint density at radius 3 is 1.32 bits per heavy atom. The number of nitro groups is 2. The molecule has 0 aliphatic rings. The highest BCUT2D eigenvalue weighted by Gasteiger charge is 2.27. The van der Waals surface area contributed by atoms with E-state index in [2.05, 4.69) is 0 Å². The Bertz CT molecular complexity index is 1240. The Labute approximate surface area is 191 Å². The van der Waals surface area contributed by atoms with E-state index >= 15 is 0 Å². The van der Waals surface area contributed by atoms with Crippen LogP contribution in [0.25, 0.3) is 0 Å². The van der Waals surface area contributed by atoms with Gasteiger partial charge in [-0.15, -0.1) is 9.66 Å². The molecular weight excluding hydrogens is 500 g/mol. The van der Waals surface area contributed by atoms with Crippen molar-refractivity contribution in [3.05, 3.63) is 68.8 Å². The van der Waals surface area contributed by atoms with E-state index in [-0.39, 0.29) is 0 Å². The first kappa shape index (κ1) is 26.3. The van der Waals surface area contributed by atoms with E-state index < -0.39 is 75.7 Å². The summed E-state index contributed by atoms with van der Waals surface area (Å²) in [5.41, 5.74) is 2.08. The fraction of sp³-hybridized carbons (Fsp3) is 0.125. The Morgan fingerprint density at radius 2 is 1.00 bits per heavy atom. The molecule has 0 aliphatic heterocycles. The lowest BCUT2D eigenvalue weighted by Crippen LogP contribution is -2.44. The van der Waals surface area contributed by atoms with Crippen molar-refractivity contribution < 1.29 is 36.3 Å². The molecule has 0 fully saturated rings. The molecule has 182 valence electrons. The number of nitro benzene ring substituents is 2. The smallest absolute Gasteiger partial charge is 0.278 e. The van der Waals surface area contributed by atoms with Crippen molar-refractivity contribution >= 4 is 43.2 Å². The summed E-state index contributed by atoms with van der Waals surface area (Å²) in [5, 5.41) is 21.9. The summed E-state index contributed by atoms with van der Waals surface area (Å²) >= 11 is 0. The van der Waals surface area contributed by atoms with Crippen LogP contribution in [0.15, 0.2) is 58.3 Å². The van der Waals surface area contributed by atoms with Gasteiger partial charge in [0.25, 0.3) is 31.4 Å². The van der Waals surface area contributed by atoms with Crippen LogP contribution in [0, 0.1) is 20.2 Å². The highest BCUT2D eigenvalue weighted by Crippen LogP contribution is 2.23. The van der Waals surface area contributed by atoms with Gasteiger partial charge in [-0.2, -0.15) is 0 Å². The molecule has 4 N–H and O–H groups in total. The highest BCUT2D eigenvalue weighted by atomic mass is 32.2. The average molecular weight is 516 g/mol. The molecule has 2 amide bonds. The molecule has 0 atom stereocenters. The quantitative estimate of drug-likeness (QED) is 0.223. The SMILES string of the molecule is O=C(CCC(=O)NNS(=O)(=O)c1ccccc1[N+](=O)[O-])NNS(=O)(=O)c1ccccc1[N+](=O)[O-]. The monoisotopic (exact) mass is 516 g/mol. The summed E-state index contributed by atoms with van der Waals surface area (Å²) in [6, 6.07) is 8.76. The molecule has 0 radical (unpaired) electrons. The Morgan fingerprint density at radius 1 is 0.676 bits per heavy atom. The number of hydrogen-bond acceptors (Lipinski definition) is 10. The average Bonchev–Trinajstić information content (AvgIpc) is 2.80. The molecule has 0 unspecified atom stereocenters. The molecule has 34 heavy (non-hydrogen) atoms. The molecule has 2 aromatic carbocycles. The fourth-order valence-corrected chi connectivity index (χ4v) is 4.45. The van der Waals surface area contributed by atoms with Crippen LogP contribution in [-0.4, -0.2) is 38.5 Å². The topological polar surface area (TPSA) is 237 Å². The number of para-hydroxylation sites is 2. The minimum atomic E-state index is -4.51. The Kier molecular flexibility index (Phi) is 8.30. The van der Waals surface area contributed by atoms with Crippen LogP contribution in [0.1, 0.15) is 12.8 Å².